The number of nitrogens with zero attached hydrogens (tertiary/aromatic N) is 5. The van der Waals surface area contributed by atoms with Crippen molar-refractivity contribution in [3.05, 3.63) is 65.7 Å². The van der Waals surface area contributed by atoms with E-state index in [0.29, 0.717) is 36.7 Å². The molecule has 3 aromatic rings. The van der Waals surface area contributed by atoms with Gasteiger partial charge in [-0.2, -0.15) is 0 Å². The van der Waals surface area contributed by atoms with Gasteiger partial charge in [-0.1, -0.05) is 18.2 Å². The van der Waals surface area contributed by atoms with Crippen molar-refractivity contribution in [1.82, 2.24) is 20.0 Å². The molecule has 0 unspecified atom stereocenters. The Bertz CT molecular complexity index is 1290. The van der Waals surface area contributed by atoms with Gasteiger partial charge in [0.15, 0.2) is 17.3 Å². The van der Waals surface area contributed by atoms with Crippen molar-refractivity contribution < 1.29 is 19.1 Å². The predicted molar refractivity (Wildman–Crippen MR) is 151 cm³/mol. The highest BCUT2D eigenvalue weighted by Gasteiger charge is 2.27. The molecule has 1 aliphatic rings. The summed E-state index contributed by atoms with van der Waals surface area (Å²) >= 11 is 0. The second-order valence-electron chi connectivity index (χ2n) is 9.91. The third-order valence-electron chi connectivity index (χ3n) is 7.07. The van der Waals surface area contributed by atoms with Crippen LogP contribution in [0.2, 0.25) is 0 Å². The predicted octanol–water partition coefficient (Wildman–Crippen LogP) is 4.06. The zero-order valence-corrected chi connectivity index (χ0v) is 23.4. The van der Waals surface area contributed by atoms with E-state index < -0.39 is 0 Å². The lowest BCUT2D eigenvalue weighted by atomic mass is 10.1. The van der Waals surface area contributed by atoms with Crippen molar-refractivity contribution in [1.29, 1.82) is 0 Å². The Morgan fingerprint density at radius 2 is 1.69 bits per heavy atom. The third-order valence-corrected chi connectivity index (χ3v) is 7.07. The average Bonchev–Trinajstić information content (AvgIpc) is 3.22. The van der Waals surface area contributed by atoms with E-state index in [9.17, 15) is 9.59 Å². The Morgan fingerprint density at radius 3 is 2.36 bits per heavy atom. The zero-order chi connectivity index (χ0) is 27.9. The Labute approximate surface area is 230 Å². The second-order valence-corrected chi connectivity index (χ2v) is 9.91. The van der Waals surface area contributed by atoms with Crippen LogP contribution in [0.1, 0.15) is 36.2 Å². The number of hydrogen-bond acceptors (Lipinski definition) is 7. The number of methoxy groups -OCH3 is 2. The number of ether oxygens (including phenoxy) is 2. The van der Waals surface area contributed by atoms with Crippen molar-refractivity contribution in [3.8, 4) is 22.8 Å². The normalized spacial score (nSPS) is 13.7. The Kier molecular flexibility index (Phi) is 9.01. The van der Waals surface area contributed by atoms with E-state index in [2.05, 4.69) is 15.1 Å². The van der Waals surface area contributed by atoms with E-state index in [1.165, 1.54) is 0 Å². The number of aryl methyl sites for hydroxylation is 1. The summed E-state index contributed by atoms with van der Waals surface area (Å²) in [6.45, 7) is 8.47. The Balaban J connectivity index is 1.39. The first-order valence-corrected chi connectivity index (χ1v) is 13.3. The van der Waals surface area contributed by atoms with Crippen LogP contribution in [-0.4, -0.2) is 84.8 Å². The molecule has 206 valence electrons. The maximum Gasteiger partial charge on any atom is 0.254 e. The molecule has 4 rings (SSSR count). The number of carbonyl (C=O) groups is 2. The highest BCUT2D eigenvalue weighted by atomic mass is 16.5. The number of hydrogen-bond donors (Lipinski definition) is 0. The molecule has 0 radical (unpaired) electrons. The lowest BCUT2D eigenvalue weighted by molar-refractivity contribution is -0.132. The van der Waals surface area contributed by atoms with Crippen molar-refractivity contribution >= 4 is 17.6 Å². The molecule has 9 nitrogen and oxygen atoms in total. The van der Waals surface area contributed by atoms with E-state index in [-0.39, 0.29) is 24.4 Å². The van der Waals surface area contributed by atoms with Crippen LogP contribution in [0.4, 0.5) is 5.82 Å². The fourth-order valence-electron chi connectivity index (χ4n) is 4.74. The molecule has 1 aromatic heterocycles. The molecule has 2 heterocycles. The smallest absolute Gasteiger partial charge is 0.254 e. The van der Waals surface area contributed by atoms with Crippen LogP contribution in [-0.2, 0) is 4.79 Å². The fraction of sp³-hybridized carbons (Fsp3) is 0.400. The molecule has 39 heavy (non-hydrogen) atoms. The number of benzene rings is 2. The summed E-state index contributed by atoms with van der Waals surface area (Å²) in [6.07, 6.45) is 0.804. The van der Waals surface area contributed by atoms with Crippen molar-refractivity contribution in [2.75, 3.05) is 51.8 Å². The van der Waals surface area contributed by atoms with Crippen molar-refractivity contribution in [2.24, 2.45) is 0 Å². The number of carbonyl (C=O) groups excluding carboxylic acids is 2. The monoisotopic (exact) mass is 531 g/mol. The van der Waals surface area contributed by atoms with E-state index in [1.54, 1.807) is 19.1 Å². The topological polar surface area (TPSA) is 88.1 Å². The molecule has 2 aromatic carbocycles. The van der Waals surface area contributed by atoms with Crippen LogP contribution < -0.4 is 14.4 Å². The summed E-state index contributed by atoms with van der Waals surface area (Å²) in [5, 5.41) is 8.91. The first-order valence-electron chi connectivity index (χ1n) is 13.3. The minimum atomic E-state index is -0.113. The van der Waals surface area contributed by atoms with E-state index in [4.69, 9.17) is 9.47 Å². The van der Waals surface area contributed by atoms with Crippen molar-refractivity contribution in [3.63, 3.8) is 0 Å². The van der Waals surface area contributed by atoms with Gasteiger partial charge in [0.25, 0.3) is 5.91 Å². The van der Waals surface area contributed by atoms with Gasteiger partial charge in [-0.05, 0) is 69.2 Å². The Morgan fingerprint density at radius 1 is 0.923 bits per heavy atom. The fourth-order valence-corrected chi connectivity index (χ4v) is 4.74. The number of amides is 2. The SMILES string of the molecule is COc1ccc(-c2ccc(N3CCCN(C(=O)CN(C(=O)c4ccccc4C)C(C)C)CC3)nn2)cc1OC. The third kappa shape index (κ3) is 6.47. The molecule has 0 spiro atoms. The molecule has 1 aliphatic heterocycles. The van der Waals surface area contributed by atoms with Crippen LogP contribution in [0, 0.1) is 6.92 Å². The minimum absolute atomic E-state index is 0.0395. The van der Waals surface area contributed by atoms with E-state index in [0.717, 1.165) is 35.6 Å². The van der Waals surface area contributed by atoms with Gasteiger partial charge in [-0.3, -0.25) is 9.59 Å². The van der Waals surface area contributed by atoms with Gasteiger partial charge in [0, 0.05) is 43.3 Å². The van der Waals surface area contributed by atoms with E-state index in [1.807, 2.05) is 80.3 Å². The first-order chi connectivity index (χ1) is 18.8. The van der Waals surface area contributed by atoms with E-state index >= 15 is 0 Å². The highest BCUT2D eigenvalue weighted by molar-refractivity contribution is 5.97. The average molecular weight is 532 g/mol. The molecular weight excluding hydrogens is 494 g/mol. The lowest BCUT2D eigenvalue weighted by Gasteiger charge is -2.30. The maximum atomic E-state index is 13.3. The largest absolute Gasteiger partial charge is 0.493 e. The number of anilines is 1. The number of aromatic nitrogens is 2. The van der Waals surface area contributed by atoms with Gasteiger partial charge in [-0.25, -0.2) is 0 Å². The quantitative estimate of drug-likeness (QED) is 0.433. The molecule has 2 amide bonds. The summed E-state index contributed by atoms with van der Waals surface area (Å²) < 4.78 is 10.7. The summed E-state index contributed by atoms with van der Waals surface area (Å²) in [5.41, 5.74) is 3.16. The standard InChI is InChI=1S/C30H37N5O4/c1-21(2)35(30(37)24-10-7-6-9-22(24)3)20-29(36)34-16-8-15-33(17-18-34)28-14-12-25(31-32-28)23-11-13-26(38-4)27(19-23)39-5/h6-7,9-14,19,21H,8,15-18,20H2,1-5H3. The number of rotatable bonds is 8. The first kappa shape index (κ1) is 27.9. The van der Waals surface area contributed by atoms with Gasteiger partial charge < -0.3 is 24.2 Å². The van der Waals surface area contributed by atoms with Crippen LogP contribution in [0.15, 0.2) is 54.6 Å². The van der Waals surface area contributed by atoms with Crippen molar-refractivity contribution in [2.45, 2.75) is 33.2 Å². The van der Waals surface area contributed by atoms with Crippen LogP contribution >= 0.6 is 0 Å². The van der Waals surface area contributed by atoms with Gasteiger partial charge in [0.1, 0.15) is 6.54 Å². The lowest BCUT2D eigenvalue weighted by Crippen LogP contribution is -2.47. The molecule has 0 saturated carbocycles. The molecule has 9 heteroatoms. The molecule has 0 aliphatic carbocycles. The highest BCUT2D eigenvalue weighted by Crippen LogP contribution is 2.31. The summed E-state index contributed by atoms with van der Waals surface area (Å²) in [5.74, 6) is 1.91. The van der Waals surface area contributed by atoms with Crippen LogP contribution in [0.3, 0.4) is 0 Å². The summed E-state index contributed by atoms with van der Waals surface area (Å²) in [6, 6.07) is 16.9. The molecule has 0 bridgehead atoms. The van der Waals surface area contributed by atoms with Gasteiger partial charge in [0.2, 0.25) is 5.91 Å². The molecule has 1 saturated heterocycles. The molecule has 0 atom stereocenters. The van der Waals surface area contributed by atoms with Gasteiger partial charge >= 0.3 is 0 Å². The molecule has 1 fully saturated rings. The maximum absolute atomic E-state index is 13.3. The van der Waals surface area contributed by atoms with Gasteiger partial charge in [-0.15, -0.1) is 10.2 Å². The molecule has 0 N–H and O–H groups in total. The zero-order valence-electron chi connectivity index (χ0n) is 23.4. The second kappa shape index (κ2) is 12.6. The minimum Gasteiger partial charge on any atom is -0.493 e. The summed E-state index contributed by atoms with van der Waals surface area (Å²) in [7, 11) is 3.21. The van der Waals surface area contributed by atoms with Gasteiger partial charge in [0.05, 0.1) is 19.9 Å². The molecular formula is C30H37N5O4. The van der Waals surface area contributed by atoms with Crippen LogP contribution in [0.25, 0.3) is 11.3 Å². The summed E-state index contributed by atoms with van der Waals surface area (Å²) in [4.78, 5) is 32.2. The Hall–Kier alpha value is -4.14. The van der Waals surface area contributed by atoms with Crippen LogP contribution in [0.5, 0.6) is 11.5 Å².